The molecule has 1 N–H and O–H groups in total. The van der Waals surface area contributed by atoms with E-state index in [1.807, 2.05) is 13.8 Å². The van der Waals surface area contributed by atoms with Gasteiger partial charge < -0.3 is 10.1 Å². The molecule has 14 heavy (non-hydrogen) atoms. The number of hydrogen-bond donors (Lipinski definition) is 1. The molecule has 0 aromatic heterocycles. The Labute approximate surface area is 85.6 Å². The quantitative estimate of drug-likeness (QED) is 0.742. The Balaban J connectivity index is 1.99. The van der Waals surface area contributed by atoms with Crippen molar-refractivity contribution in [1.82, 2.24) is 10.2 Å². The van der Waals surface area contributed by atoms with Crippen molar-refractivity contribution < 1.29 is 9.53 Å². The van der Waals surface area contributed by atoms with Crippen LogP contribution in [-0.2, 0) is 4.74 Å². The summed E-state index contributed by atoms with van der Waals surface area (Å²) in [6, 6.07) is 0.147. The van der Waals surface area contributed by atoms with Gasteiger partial charge in [-0.2, -0.15) is 0 Å². The normalized spacial score (nSPS) is 17.4. The van der Waals surface area contributed by atoms with E-state index in [4.69, 9.17) is 4.74 Å². The number of rotatable bonds is 4. The molecule has 0 aromatic carbocycles. The summed E-state index contributed by atoms with van der Waals surface area (Å²) in [5.41, 5.74) is 0. The van der Waals surface area contributed by atoms with Gasteiger partial charge in [-0.05, 0) is 39.8 Å². The fourth-order valence-electron chi connectivity index (χ4n) is 1.55. The van der Waals surface area contributed by atoms with Crippen molar-refractivity contribution in [3.63, 3.8) is 0 Å². The van der Waals surface area contributed by atoms with Gasteiger partial charge >= 0.3 is 6.09 Å². The number of nitrogens with zero attached hydrogens (tertiary/aromatic N) is 1. The van der Waals surface area contributed by atoms with Crippen LogP contribution in [0.2, 0.25) is 0 Å². The standard InChI is InChI=1S/C10H20N2O2/c1-9(2)11-10(13)14-8-7-12-5-3-4-6-12/h9H,3-8H2,1-2H3,(H,11,13). The number of hydrogen-bond acceptors (Lipinski definition) is 3. The number of ether oxygens (including phenoxy) is 1. The average Bonchev–Trinajstić information content (AvgIpc) is 2.55. The van der Waals surface area contributed by atoms with Crippen LogP contribution in [0.1, 0.15) is 26.7 Å². The molecule has 4 nitrogen and oxygen atoms in total. The second-order valence-electron chi connectivity index (χ2n) is 3.98. The lowest BCUT2D eigenvalue weighted by molar-refractivity contribution is 0.130. The molecule has 82 valence electrons. The van der Waals surface area contributed by atoms with E-state index in [0.717, 1.165) is 19.6 Å². The maximum atomic E-state index is 11.1. The number of carbonyl (C=O) groups excluding carboxylic acids is 1. The number of carbonyl (C=O) groups is 1. The molecule has 1 aliphatic rings. The third-order valence-corrected chi connectivity index (χ3v) is 2.25. The smallest absolute Gasteiger partial charge is 0.407 e. The summed E-state index contributed by atoms with van der Waals surface area (Å²) in [4.78, 5) is 13.4. The fourth-order valence-corrected chi connectivity index (χ4v) is 1.55. The largest absolute Gasteiger partial charge is 0.448 e. The SMILES string of the molecule is CC(C)NC(=O)OCCN1CCCC1. The minimum atomic E-state index is -0.306. The zero-order chi connectivity index (χ0) is 10.4. The van der Waals surface area contributed by atoms with Gasteiger partial charge in [0.15, 0.2) is 0 Å². The third kappa shape index (κ3) is 4.46. The molecular formula is C10H20N2O2. The summed E-state index contributed by atoms with van der Waals surface area (Å²) in [5, 5.41) is 2.69. The van der Waals surface area contributed by atoms with Crippen molar-refractivity contribution in [2.45, 2.75) is 32.7 Å². The van der Waals surface area contributed by atoms with Gasteiger partial charge in [0.05, 0.1) is 0 Å². The van der Waals surface area contributed by atoms with Crippen molar-refractivity contribution >= 4 is 6.09 Å². The maximum absolute atomic E-state index is 11.1. The molecule has 1 heterocycles. The Bertz CT molecular complexity index is 177. The summed E-state index contributed by atoms with van der Waals surface area (Å²) >= 11 is 0. The molecule has 0 atom stereocenters. The average molecular weight is 200 g/mol. The second-order valence-corrected chi connectivity index (χ2v) is 3.98. The predicted octanol–water partition coefficient (Wildman–Crippen LogP) is 1.22. The lowest BCUT2D eigenvalue weighted by Gasteiger charge is -2.15. The van der Waals surface area contributed by atoms with Crippen LogP contribution in [0.15, 0.2) is 0 Å². The monoisotopic (exact) mass is 200 g/mol. The zero-order valence-corrected chi connectivity index (χ0v) is 9.08. The van der Waals surface area contributed by atoms with Crippen LogP contribution in [0.4, 0.5) is 4.79 Å². The number of alkyl carbamates (subject to hydrolysis) is 1. The molecule has 4 heteroatoms. The second kappa shape index (κ2) is 5.86. The van der Waals surface area contributed by atoms with Gasteiger partial charge in [-0.15, -0.1) is 0 Å². The van der Waals surface area contributed by atoms with Crippen LogP contribution in [-0.4, -0.2) is 43.3 Å². The molecule has 0 bridgehead atoms. The van der Waals surface area contributed by atoms with Crippen LogP contribution >= 0.6 is 0 Å². The lowest BCUT2D eigenvalue weighted by atomic mass is 10.4. The molecule has 0 radical (unpaired) electrons. The maximum Gasteiger partial charge on any atom is 0.407 e. The molecule has 1 aliphatic heterocycles. The first-order valence-electron chi connectivity index (χ1n) is 5.34. The van der Waals surface area contributed by atoms with Crippen LogP contribution in [0.25, 0.3) is 0 Å². The Morgan fingerprint density at radius 3 is 2.64 bits per heavy atom. The Hall–Kier alpha value is -0.770. The first kappa shape index (κ1) is 11.3. The highest BCUT2D eigenvalue weighted by Gasteiger charge is 2.11. The zero-order valence-electron chi connectivity index (χ0n) is 9.08. The summed E-state index contributed by atoms with van der Waals surface area (Å²) in [7, 11) is 0. The van der Waals surface area contributed by atoms with E-state index in [0.29, 0.717) is 6.61 Å². The first-order chi connectivity index (χ1) is 6.68. The third-order valence-electron chi connectivity index (χ3n) is 2.25. The van der Waals surface area contributed by atoms with Gasteiger partial charge in [-0.3, -0.25) is 4.90 Å². The van der Waals surface area contributed by atoms with Gasteiger partial charge in [0.1, 0.15) is 6.61 Å². The lowest BCUT2D eigenvalue weighted by Crippen LogP contribution is -2.33. The summed E-state index contributed by atoms with van der Waals surface area (Å²) in [6.45, 7) is 7.50. The first-order valence-corrected chi connectivity index (χ1v) is 5.34. The van der Waals surface area contributed by atoms with E-state index in [9.17, 15) is 4.79 Å². The highest BCUT2D eigenvalue weighted by molar-refractivity contribution is 5.67. The summed E-state index contributed by atoms with van der Waals surface area (Å²) in [5.74, 6) is 0. The van der Waals surface area contributed by atoms with E-state index in [1.165, 1.54) is 12.8 Å². The van der Waals surface area contributed by atoms with Crippen LogP contribution in [0, 0.1) is 0 Å². The fraction of sp³-hybridized carbons (Fsp3) is 0.900. The van der Waals surface area contributed by atoms with E-state index < -0.39 is 0 Å². The Morgan fingerprint density at radius 1 is 1.43 bits per heavy atom. The molecule has 1 fully saturated rings. The molecule has 0 unspecified atom stereocenters. The van der Waals surface area contributed by atoms with Gasteiger partial charge in [-0.1, -0.05) is 0 Å². The number of amides is 1. The Morgan fingerprint density at radius 2 is 2.07 bits per heavy atom. The van der Waals surface area contributed by atoms with Crippen LogP contribution in [0.3, 0.4) is 0 Å². The van der Waals surface area contributed by atoms with Crippen molar-refractivity contribution in [2.75, 3.05) is 26.2 Å². The topological polar surface area (TPSA) is 41.6 Å². The van der Waals surface area contributed by atoms with E-state index in [2.05, 4.69) is 10.2 Å². The number of nitrogens with one attached hydrogen (secondary N) is 1. The van der Waals surface area contributed by atoms with E-state index >= 15 is 0 Å². The molecule has 0 spiro atoms. The number of likely N-dealkylation sites (tertiary alicyclic amines) is 1. The van der Waals surface area contributed by atoms with Crippen LogP contribution < -0.4 is 5.32 Å². The highest BCUT2D eigenvalue weighted by atomic mass is 16.5. The summed E-state index contributed by atoms with van der Waals surface area (Å²) in [6.07, 6.45) is 2.25. The van der Waals surface area contributed by atoms with E-state index in [1.54, 1.807) is 0 Å². The molecule has 1 rings (SSSR count). The molecular weight excluding hydrogens is 180 g/mol. The van der Waals surface area contributed by atoms with Crippen molar-refractivity contribution in [3.8, 4) is 0 Å². The van der Waals surface area contributed by atoms with Crippen molar-refractivity contribution in [1.29, 1.82) is 0 Å². The molecule has 1 amide bonds. The van der Waals surface area contributed by atoms with Gasteiger partial charge in [-0.25, -0.2) is 4.79 Å². The summed E-state index contributed by atoms with van der Waals surface area (Å²) < 4.78 is 5.02. The van der Waals surface area contributed by atoms with Gasteiger partial charge in [0, 0.05) is 12.6 Å². The van der Waals surface area contributed by atoms with Crippen LogP contribution in [0.5, 0.6) is 0 Å². The minimum absolute atomic E-state index is 0.147. The predicted molar refractivity (Wildman–Crippen MR) is 55.3 cm³/mol. The van der Waals surface area contributed by atoms with Crippen molar-refractivity contribution in [2.24, 2.45) is 0 Å². The van der Waals surface area contributed by atoms with E-state index in [-0.39, 0.29) is 12.1 Å². The Kier molecular flexibility index (Phi) is 4.73. The minimum Gasteiger partial charge on any atom is -0.448 e. The molecule has 0 aromatic rings. The molecule has 0 saturated carbocycles. The highest BCUT2D eigenvalue weighted by Crippen LogP contribution is 2.05. The van der Waals surface area contributed by atoms with Crippen molar-refractivity contribution in [3.05, 3.63) is 0 Å². The molecule has 0 aliphatic carbocycles. The van der Waals surface area contributed by atoms with Gasteiger partial charge in [0.25, 0.3) is 0 Å². The van der Waals surface area contributed by atoms with Gasteiger partial charge in [0.2, 0.25) is 0 Å². The molecule has 1 saturated heterocycles.